The van der Waals surface area contributed by atoms with Gasteiger partial charge in [0.15, 0.2) is 0 Å². The Morgan fingerprint density at radius 1 is 1.45 bits per heavy atom. The van der Waals surface area contributed by atoms with Gasteiger partial charge >= 0.3 is 5.63 Å². The lowest BCUT2D eigenvalue weighted by atomic mass is 10.1. The third kappa shape index (κ3) is 3.05. The number of fused-ring (bicyclic) bond motifs is 1. The summed E-state index contributed by atoms with van der Waals surface area (Å²) in [4.78, 5) is 11.6. The maximum absolute atomic E-state index is 11.6. The van der Waals surface area contributed by atoms with Crippen LogP contribution in [0.25, 0.3) is 11.0 Å². The van der Waals surface area contributed by atoms with E-state index in [1.807, 2.05) is 6.92 Å². The van der Waals surface area contributed by atoms with Crippen LogP contribution in [0.3, 0.4) is 0 Å². The van der Waals surface area contributed by atoms with Crippen molar-refractivity contribution in [3.8, 4) is 5.75 Å². The lowest BCUT2D eigenvalue weighted by Gasteiger charge is -2.13. The van der Waals surface area contributed by atoms with Gasteiger partial charge in [-0.15, -0.1) is 0 Å². The van der Waals surface area contributed by atoms with Gasteiger partial charge in [-0.25, -0.2) is 4.79 Å². The molecule has 1 heterocycles. The average Bonchev–Trinajstić information content (AvgIpc) is 2.40. The summed E-state index contributed by atoms with van der Waals surface area (Å²) in [5.41, 5.74) is 1.09. The van der Waals surface area contributed by atoms with E-state index in [4.69, 9.17) is 20.8 Å². The van der Waals surface area contributed by atoms with Gasteiger partial charge in [-0.2, -0.15) is 0 Å². The van der Waals surface area contributed by atoms with Gasteiger partial charge in [-0.05, 0) is 25.0 Å². The largest absolute Gasteiger partial charge is 0.485 e. The van der Waals surface area contributed by atoms with Gasteiger partial charge in [0, 0.05) is 17.5 Å². The predicted octanol–water partition coefficient (Wildman–Crippen LogP) is 4.35. The van der Waals surface area contributed by atoms with Crippen LogP contribution in [0.1, 0.15) is 25.8 Å². The molecule has 0 aliphatic heterocycles. The Hall–Kier alpha value is -1.74. The molecule has 2 aromatic rings. The summed E-state index contributed by atoms with van der Waals surface area (Å²) in [6.45, 7) is 7.58. The van der Waals surface area contributed by atoms with Crippen molar-refractivity contribution in [2.24, 2.45) is 0 Å². The molecular formula is C16H17ClO3. The molecule has 3 nitrogen and oxygen atoms in total. The third-order valence-electron chi connectivity index (χ3n) is 3.05. The summed E-state index contributed by atoms with van der Waals surface area (Å²) in [5.74, 6) is 0.489. The van der Waals surface area contributed by atoms with Crippen LogP contribution in [0.15, 0.2) is 40.1 Å². The SMILES string of the molecule is C=CC(C)Oc1cc2oc(=O)cc(CCC)c2cc1Cl. The van der Waals surface area contributed by atoms with Crippen molar-refractivity contribution >= 4 is 22.6 Å². The van der Waals surface area contributed by atoms with Crippen molar-refractivity contribution in [2.75, 3.05) is 0 Å². The molecule has 1 aromatic carbocycles. The third-order valence-corrected chi connectivity index (χ3v) is 3.34. The van der Waals surface area contributed by atoms with Crippen LogP contribution in [-0.4, -0.2) is 6.10 Å². The van der Waals surface area contributed by atoms with Gasteiger partial charge in [0.1, 0.15) is 17.4 Å². The Labute approximate surface area is 122 Å². The zero-order chi connectivity index (χ0) is 14.7. The quantitative estimate of drug-likeness (QED) is 0.607. The topological polar surface area (TPSA) is 39.4 Å². The van der Waals surface area contributed by atoms with E-state index in [2.05, 4.69) is 13.5 Å². The minimum absolute atomic E-state index is 0.171. The van der Waals surface area contributed by atoms with E-state index >= 15 is 0 Å². The van der Waals surface area contributed by atoms with Crippen LogP contribution in [0, 0.1) is 0 Å². The second-order valence-electron chi connectivity index (χ2n) is 4.68. The summed E-state index contributed by atoms with van der Waals surface area (Å²) in [7, 11) is 0. The van der Waals surface area contributed by atoms with Crippen molar-refractivity contribution < 1.29 is 9.15 Å². The van der Waals surface area contributed by atoms with E-state index in [0.717, 1.165) is 23.8 Å². The van der Waals surface area contributed by atoms with Crippen molar-refractivity contribution in [3.63, 3.8) is 0 Å². The molecule has 0 aliphatic carbocycles. The van der Waals surface area contributed by atoms with E-state index in [0.29, 0.717) is 16.4 Å². The Kier molecular flexibility index (Phi) is 4.50. The molecule has 0 bridgehead atoms. The first-order valence-electron chi connectivity index (χ1n) is 6.60. The van der Waals surface area contributed by atoms with E-state index in [9.17, 15) is 4.79 Å². The van der Waals surface area contributed by atoms with Gasteiger partial charge < -0.3 is 9.15 Å². The smallest absolute Gasteiger partial charge is 0.336 e. The average molecular weight is 293 g/mol. The highest BCUT2D eigenvalue weighted by atomic mass is 35.5. The molecular weight excluding hydrogens is 276 g/mol. The van der Waals surface area contributed by atoms with Crippen molar-refractivity contribution in [3.05, 3.63) is 51.9 Å². The van der Waals surface area contributed by atoms with Gasteiger partial charge in [0.25, 0.3) is 0 Å². The first-order valence-corrected chi connectivity index (χ1v) is 6.98. The summed E-state index contributed by atoms with van der Waals surface area (Å²) in [6.07, 6.45) is 3.25. The van der Waals surface area contributed by atoms with Crippen LogP contribution in [0.4, 0.5) is 0 Å². The van der Waals surface area contributed by atoms with Crippen LogP contribution < -0.4 is 10.4 Å². The summed E-state index contributed by atoms with van der Waals surface area (Å²) in [5, 5.41) is 1.35. The van der Waals surface area contributed by atoms with E-state index < -0.39 is 0 Å². The zero-order valence-electron chi connectivity index (χ0n) is 11.6. The van der Waals surface area contributed by atoms with Gasteiger partial charge in [0.2, 0.25) is 0 Å². The Balaban J connectivity index is 2.58. The molecule has 0 saturated heterocycles. The summed E-state index contributed by atoms with van der Waals surface area (Å²) >= 11 is 6.24. The Morgan fingerprint density at radius 2 is 2.20 bits per heavy atom. The Morgan fingerprint density at radius 3 is 2.85 bits per heavy atom. The molecule has 0 N–H and O–H groups in total. The number of ether oxygens (including phenoxy) is 1. The van der Waals surface area contributed by atoms with E-state index in [1.165, 1.54) is 6.07 Å². The number of halogens is 1. The normalized spacial score (nSPS) is 12.3. The number of aryl methyl sites for hydroxylation is 1. The molecule has 0 spiro atoms. The molecule has 0 saturated carbocycles. The Bertz CT molecular complexity index is 688. The highest BCUT2D eigenvalue weighted by Gasteiger charge is 2.12. The molecule has 4 heteroatoms. The summed E-state index contributed by atoms with van der Waals surface area (Å²) in [6, 6.07) is 4.98. The highest BCUT2D eigenvalue weighted by molar-refractivity contribution is 6.32. The standard InChI is InChI=1S/C16H17ClO3/c1-4-6-11-7-16(18)20-14-9-15(19-10(3)5-2)13(17)8-12(11)14/h5,7-10H,2,4,6H2,1,3H3. The zero-order valence-corrected chi connectivity index (χ0v) is 12.4. The maximum atomic E-state index is 11.6. The fourth-order valence-corrected chi connectivity index (χ4v) is 2.25. The molecule has 106 valence electrons. The minimum Gasteiger partial charge on any atom is -0.485 e. The van der Waals surface area contributed by atoms with E-state index in [-0.39, 0.29) is 11.7 Å². The second-order valence-corrected chi connectivity index (χ2v) is 5.09. The van der Waals surface area contributed by atoms with Crippen LogP contribution in [0.2, 0.25) is 5.02 Å². The monoisotopic (exact) mass is 292 g/mol. The second kappa shape index (κ2) is 6.14. The first-order chi connectivity index (χ1) is 9.55. The molecule has 20 heavy (non-hydrogen) atoms. The fourth-order valence-electron chi connectivity index (χ4n) is 2.04. The highest BCUT2D eigenvalue weighted by Crippen LogP contribution is 2.32. The molecule has 0 fully saturated rings. The number of rotatable bonds is 5. The van der Waals surface area contributed by atoms with Crippen molar-refractivity contribution in [1.82, 2.24) is 0 Å². The van der Waals surface area contributed by atoms with E-state index in [1.54, 1.807) is 18.2 Å². The maximum Gasteiger partial charge on any atom is 0.336 e. The number of hydrogen-bond acceptors (Lipinski definition) is 3. The first kappa shape index (κ1) is 14.7. The van der Waals surface area contributed by atoms with Crippen LogP contribution in [0.5, 0.6) is 5.75 Å². The molecule has 0 radical (unpaired) electrons. The van der Waals surface area contributed by atoms with Gasteiger partial charge in [-0.1, -0.05) is 37.6 Å². The number of benzene rings is 1. The van der Waals surface area contributed by atoms with Crippen molar-refractivity contribution in [1.29, 1.82) is 0 Å². The lowest BCUT2D eigenvalue weighted by molar-refractivity contribution is 0.270. The lowest BCUT2D eigenvalue weighted by Crippen LogP contribution is -2.08. The predicted molar refractivity (Wildman–Crippen MR) is 81.8 cm³/mol. The molecule has 0 amide bonds. The van der Waals surface area contributed by atoms with Gasteiger partial charge in [0.05, 0.1) is 5.02 Å². The molecule has 1 atom stereocenters. The minimum atomic E-state index is -0.356. The fraction of sp³-hybridized carbons (Fsp3) is 0.312. The molecule has 1 unspecified atom stereocenters. The number of hydrogen-bond donors (Lipinski definition) is 0. The summed E-state index contributed by atoms with van der Waals surface area (Å²) < 4.78 is 10.9. The van der Waals surface area contributed by atoms with Crippen LogP contribution >= 0.6 is 11.6 Å². The van der Waals surface area contributed by atoms with Crippen LogP contribution in [-0.2, 0) is 6.42 Å². The molecule has 1 aromatic heterocycles. The molecule has 2 rings (SSSR count). The molecule has 0 aliphatic rings. The van der Waals surface area contributed by atoms with Crippen molar-refractivity contribution in [2.45, 2.75) is 32.8 Å². The van der Waals surface area contributed by atoms with Gasteiger partial charge in [-0.3, -0.25) is 0 Å².